The van der Waals surface area contributed by atoms with Crippen LogP contribution in [0.1, 0.15) is 32.8 Å². The number of oxazole rings is 1. The van der Waals surface area contributed by atoms with E-state index < -0.39 is 0 Å². The maximum atomic E-state index is 6.14. The fourth-order valence-corrected chi connectivity index (χ4v) is 3.74. The first-order chi connectivity index (χ1) is 14.9. The highest BCUT2D eigenvalue weighted by molar-refractivity contribution is 5.74. The van der Waals surface area contributed by atoms with Crippen molar-refractivity contribution in [3.05, 3.63) is 85.4 Å². The fraction of sp³-hybridized carbons (Fsp3) is 0.269. The molecule has 2 heterocycles. The standard InChI is InChI=1S/C26H28N3O2/c1-5-23(26(2,3)4)29(25-28-21-10-6-7-11-22(21)31-25)18-19-13-15-20(16-14-19)30-24-12-8-9-17-27-24/h6-17,23H,1,5,18H2,2-4H3. The maximum absolute atomic E-state index is 6.14. The Morgan fingerprint density at radius 2 is 1.74 bits per heavy atom. The molecule has 4 aromatic rings. The number of pyridine rings is 1. The van der Waals surface area contributed by atoms with E-state index in [1.165, 1.54) is 0 Å². The number of hydrogen-bond acceptors (Lipinski definition) is 5. The number of aromatic nitrogens is 2. The van der Waals surface area contributed by atoms with Gasteiger partial charge in [-0.2, -0.15) is 4.98 Å². The molecule has 31 heavy (non-hydrogen) atoms. The number of rotatable bonds is 7. The van der Waals surface area contributed by atoms with Crippen LogP contribution >= 0.6 is 0 Å². The second-order valence-corrected chi connectivity index (χ2v) is 8.68. The van der Waals surface area contributed by atoms with E-state index in [1.807, 2.05) is 54.6 Å². The molecular formula is C26H28N3O2. The van der Waals surface area contributed by atoms with Crippen molar-refractivity contribution in [3.8, 4) is 11.6 Å². The molecule has 159 valence electrons. The molecule has 1 unspecified atom stereocenters. The van der Waals surface area contributed by atoms with Gasteiger partial charge in [-0.1, -0.05) is 58.0 Å². The van der Waals surface area contributed by atoms with Gasteiger partial charge in [0.05, 0.1) is 0 Å². The second-order valence-electron chi connectivity index (χ2n) is 8.68. The third-order valence-corrected chi connectivity index (χ3v) is 5.31. The number of para-hydroxylation sites is 2. The van der Waals surface area contributed by atoms with Crippen molar-refractivity contribution in [2.45, 2.75) is 39.8 Å². The lowest BCUT2D eigenvalue weighted by Gasteiger charge is -2.39. The highest BCUT2D eigenvalue weighted by Gasteiger charge is 2.32. The Kier molecular flexibility index (Phi) is 5.94. The first-order valence-electron chi connectivity index (χ1n) is 10.5. The molecule has 1 radical (unpaired) electrons. The highest BCUT2D eigenvalue weighted by atomic mass is 16.5. The first-order valence-corrected chi connectivity index (χ1v) is 10.5. The van der Waals surface area contributed by atoms with Crippen LogP contribution < -0.4 is 9.64 Å². The summed E-state index contributed by atoms with van der Waals surface area (Å²) in [6.07, 6.45) is 2.45. The predicted molar refractivity (Wildman–Crippen MR) is 124 cm³/mol. The summed E-state index contributed by atoms with van der Waals surface area (Å²) in [5.74, 6) is 1.33. The largest absolute Gasteiger partial charge is 0.439 e. The van der Waals surface area contributed by atoms with Crippen molar-refractivity contribution in [1.29, 1.82) is 0 Å². The van der Waals surface area contributed by atoms with Crippen LogP contribution in [-0.4, -0.2) is 16.0 Å². The van der Waals surface area contributed by atoms with Crippen molar-refractivity contribution in [2.24, 2.45) is 5.41 Å². The molecule has 2 aromatic carbocycles. The average molecular weight is 415 g/mol. The number of anilines is 1. The third-order valence-electron chi connectivity index (χ3n) is 5.31. The molecule has 5 nitrogen and oxygen atoms in total. The van der Waals surface area contributed by atoms with Crippen LogP contribution in [0.2, 0.25) is 0 Å². The minimum Gasteiger partial charge on any atom is -0.439 e. The highest BCUT2D eigenvalue weighted by Crippen LogP contribution is 2.33. The van der Waals surface area contributed by atoms with Gasteiger partial charge in [-0.15, -0.1) is 0 Å². The van der Waals surface area contributed by atoms with Crippen molar-refractivity contribution in [1.82, 2.24) is 9.97 Å². The third kappa shape index (κ3) is 4.88. The molecule has 0 spiro atoms. The lowest BCUT2D eigenvalue weighted by molar-refractivity contribution is 0.290. The topological polar surface area (TPSA) is 51.4 Å². The molecule has 0 saturated heterocycles. The van der Waals surface area contributed by atoms with Gasteiger partial charge in [0.1, 0.15) is 11.3 Å². The molecule has 0 N–H and O–H groups in total. The smallest absolute Gasteiger partial charge is 0.298 e. The van der Waals surface area contributed by atoms with E-state index in [1.54, 1.807) is 6.20 Å². The molecule has 0 aliphatic heterocycles. The zero-order valence-corrected chi connectivity index (χ0v) is 18.3. The molecular weight excluding hydrogens is 386 g/mol. The number of benzene rings is 2. The Morgan fingerprint density at radius 3 is 2.39 bits per heavy atom. The molecule has 0 aliphatic carbocycles. The fourth-order valence-electron chi connectivity index (χ4n) is 3.74. The summed E-state index contributed by atoms with van der Waals surface area (Å²) in [4.78, 5) is 11.2. The second kappa shape index (κ2) is 8.80. The van der Waals surface area contributed by atoms with Gasteiger partial charge in [0, 0.05) is 24.8 Å². The van der Waals surface area contributed by atoms with Gasteiger partial charge in [-0.3, -0.25) is 0 Å². The van der Waals surface area contributed by atoms with E-state index in [9.17, 15) is 0 Å². The average Bonchev–Trinajstić information content (AvgIpc) is 3.19. The summed E-state index contributed by atoms with van der Waals surface area (Å²) in [5, 5.41) is 0. The Hall–Kier alpha value is -3.34. The Labute approximate surface area is 183 Å². The molecule has 0 fully saturated rings. The van der Waals surface area contributed by atoms with Crippen molar-refractivity contribution >= 4 is 17.1 Å². The summed E-state index contributed by atoms with van der Waals surface area (Å²) in [6.45, 7) is 11.6. The molecule has 0 amide bonds. The van der Waals surface area contributed by atoms with E-state index in [0.29, 0.717) is 18.4 Å². The molecule has 0 aliphatic rings. The predicted octanol–water partition coefficient (Wildman–Crippen LogP) is 6.66. The van der Waals surface area contributed by atoms with E-state index in [0.717, 1.165) is 28.8 Å². The van der Waals surface area contributed by atoms with Gasteiger partial charge in [0.25, 0.3) is 6.01 Å². The van der Waals surface area contributed by atoms with Gasteiger partial charge in [-0.05, 0) is 47.7 Å². The SMILES string of the molecule is [CH2]CC(N(Cc1ccc(Oc2ccccn2)cc1)c1nc2ccccc2o1)C(C)(C)C. The Balaban J connectivity index is 1.61. The summed E-state index contributed by atoms with van der Waals surface area (Å²) in [5.41, 5.74) is 2.79. The van der Waals surface area contributed by atoms with Gasteiger partial charge in [0.15, 0.2) is 5.58 Å². The monoisotopic (exact) mass is 414 g/mol. The first kappa shape index (κ1) is 20.9. The minimum atomic E-state index is 0.00440. The zero-order chi connectivity index (χ0) is 21.8. The molecule has 4 rings (SSSR count). The zero-order valence-electron chi connectivity index (χ0n) is 18.3. The lowest BCUT2D eigenvalue weighted by Crippen LogP contribution is -2.43. The lowest BCUT2D eigenvalue weighted by atomic mass is 9.84. The number of fused-ring (bicyclic) bond motifs is 1. The Bertz CT molecular complexity index is 1080. The van der Waals surface area contributed by atoms with Crippen molar-refractivity contribution in [3.63, 3.8) is 0 Å². The van der Waals surface area contributed by atoms with E-state index in [4.69, 9.17) is 14.1 Å². The minimum absolute atomic E-state index is 0.00440. The Morgan fingerprint density at radius 1 is 1.00 bits per heavy atom. The normalized spacial score (nSPS) is 12.6. The van der Waals surface area contributed by atoms with Crippen LogP contribution in [0.5, 0.6) is 11.6 Å². The van der Waals surface area contributed by atoms with Gasteiger partial charge < -0.3 is 14.1 Å². The number of hydrogen-bond donors (Lipinski definition) is 0. The maximum Gasteiger partial charge on any atom is 0.298 e. The number of nitrogens with zero attached hydrogens (tertiary/aromatic N) is 3. The van der Waals surface area contributed by atoms with Crippen LogP contribution in [0.3, 0.4) is 0 Å². The van der Waals surface area contributed by atoms with Crippen molar-refractivity contribution < 1.29 is 9.15 Å². The van der Waals surface area contributed by atoms with Crippen LogP contribution in [0.15, 0.2) is 77.3 Å². The van der Waals surface area contributed by atoms with Gasteiger partial charge in [0.2, 0.25) is 5.88 Å². The van der Waals surface area contributed by atoms with Crippen LogP contribution in [0.25, 0.3) is 11.1 Å². The van der Waals surface area contributed by atoms with Gasteiger partial charge in [-0.25, -0.2) is 4.98 Å². The van der Waals surface area contributed by atoms with Crippen LogP contribution in [0.4, 0.5) is 6.01 Å². The molecule has 0 bridgehead atoms. The molecule has 0 saturated carbocycles. The van der Waals surface area contributed by atoms with Crippen LogP contribution in [-0.2, 0) is 6.54 Å². The van der Waals surface area contributed by atoms with E-state index in [2.05, 4.69) is 49.7 Å². The van der Waals surface area contributed by atoms with E-state index in [-0.39, 0.29) is 11.5 Å². The molecule has 2 aromatic heterocycles. The number of ether oxygens (including phenoxy) is 1. The molecule has 1 atom stereocenters. The van der Waals surface area contributed by atoms with Crippen LogP contribution in [0, 0.1) is 12.3 Å². The summed E-state index contributed by atoms with van der Waals surface area (Å²) < 4.78 is 12.0. The van der Waals surface area contributed by atoms with Crippen molar-refractivity contribution in [2.75, 3.05) is 4.90 Å². The summed E-state index contributed by atoms with van der Waals surface area (Å²) >= 11 is 0. The van der Waals surface area contributed by atoms with Gasteiger partial charge >= 0.3 is 0 Å². The summed E-state index contributed by atoms with van der Waals surface area (Å²) in [6, 6.07) is 22.3. The quantitative estimate of drug-likeness (QED) is 0.338. The summed E-state index contributed by atoms with van der Waals surface area (Å²) in [7, 11) is 0. The van der Waals surface area contributed by atoms with E-state index >= 15 is 0 Å². The molecule has 5 heteroatoms.